The van der Waals surface area contributed by atoms with E-state index in [9.17, 15) is 0 Å². The summed E-state index contributed by atoms with van der Waals surface area (Å²) in [6.45, 7) is 10.3. The molecule has 3 nitrogen and oxygen atoms in total. The molecule has 1 unspecified atom stereocenters. The van der Waals surface area contributed by atoms with Crippen LogP contribution in [-0.4, -0.2) is 49.1 Å². The molecule has 0 bridgehead atoms. The molecule has 0 radical (unpaired) electrons. The second-order valence-electron chi connectivity index (χ2n) is 6.67. The fraction of sp³-hybridized carbons (Fsp3) is 0.667. The van der Waals surface area contributed by atoms with Crippen LogP contribution in [-0.2, 0) is 6.54 Å². The number of piperidine rings is 1. The largest absolute Gasteiger partial charge is 0.492 e. The lowest BCUT2D eigenvalue weighted by atomic mass is 10.0. The summed E-state index contributed by atoms with van der Waals surface area (Å²) in [5, 5.41) is 0. The number of nitrogens with zero attached hydrogens (tertiary/aromatic N) is 2. The molecule has 0 aromatic heterocycles. The molecule has 0 aliphatic carbocycles. The molecule has 2 aliphatic rings. The monoisotopic (exact) mass is 288 g/mol. The molecule has 2 fully saturated rings. The Hall–Kier alpha value is -1.06. The van der Waals surface area contributed by atoms with E-state index in [1.807, 2.05) is 0 Å². The van der Waals surface area contributed by atoms with Gasteiger partial charge in [-0.25, -0.2) is 0 Å². The van der Waals surface area contributed by atoms with E-state index < -0.39 is 0 Å². The van der Waals surface area contributed by atoms with Crippen LogP contribution in [0.1, 0.15) is 31.7 Å². The lowest BCUT2D eigenvalue weighted by molar-refractivity contribution is 0.153. The third-order valence-corrected chi connectivity index (χ3v) is 4.70. The van der Waals surface area contributed by atoms with E-state index in [-0.39, 0.29) is 0 Å². The first-order chi connectivity index (χ1) is 10.3. The molecular weight excluding hydrogens is 260 g/mol. The van der Waals surface area contributed by atoms with Crippen molar-refractivity contribution >= 4 is 0 Å². The van der Waals surface area contributed by atoms with Gasteiger partial charge in [-0.2, -0.15) is 0 Å². The van der Waals surface area contributed by atoms with Gasteiger partial charge in [0.2, 0.25) is 0 Å². The number of hydrogen-bond acceptors (Lipinski definition) is 3. The van der Waals surface area contributed by atoms with Crippen LogP contribution in [0.4, 0.5) is 0 Å². The molecule has 0 saturated carbocycles. The van der Waals surface area contributed by atoms with E-state index in [2.05, 4.69) is 41.0 Å². The molecule has 2 heterocycles. The van der Waals surface area contributed by atoms with Gasteiger partial charge in [-0.1, -0.05) is 19.1 Å². The van der Waals surface area contributed by atoms with Crippen LogP contribution in [0.2, 0.25) is 0 Å². The smallest absolute Gasteiger partial charge is 0.119 e. The second kappa shape index (κ2) is 7.28. The van der Waals surface area contributed by atoms with E-state index in [0.717, 1.165) is 31.4 Å². The highest BCUT2D eigenvalue weighted by Crippen LogP contribution is 2.17. The van der Waals surface area contributed by atoms with Gasteiger partial charge >= 0.3 is 0 Å². The predicted molar refractivity (Wildman–Crippen MR) is 86.7 cm³/mol. The third-order valence-electron chi connectivity index (χ3n) is 4.70. The third kappa shape index (κ3) is 4.45. The maximum Gasteiger partial charge on any atom is 0.119 e. The summed E-state index contributed by atoms with van der Waals surface area (Å²) in [6, 6.07) is 8.65. The Morgan fingerprint density at radius 2 is 1.81 bits per heavy atom. The van der Waals surface area contributed by atoms with Crippen molar-refractivity contribution in [2.24, 2.45) is 5.92 Å². The molecule has 0 N–H and O–H groups in total. The Bertz CT molecular complexity index is 427. The molecule has 1 aromatic rings. The molecule has 3 heteroatoms. The fourth-order valence-corrected chi connectivity index (χ4v) is 3.27. The lowest BCUT2D eigenvalue weighted by Gasteiger charge is -2.31. The van der Waals surface area contributed by atoms with Crippen molar-refractivity contribution in [3.05, 3.63) is 29.8 Å². The van der Waals surface area contributed by atoms with Crippen LogP contribution in [0.25, 0.3) is 0 Å². The van der Waals surface area contributed by atoms with Gasteiger partial charge in [0.15, 0.2) is 0 Å². The number of likely N-dealkylation sites (tertiary alicyclic amines) is 2. The zero-order valence-electron chi connectivity index (χ0n) is 13.3. The van der Waals surface area contributed by atoms with Crippen LogP contribution < -0.4 is 4.74 Å². The molecule has 2 aliphatic heterocycles. The first-order valence-electron chi connectivity index (χ1n) is 8.46. The van der Waals surface area contributed by atoms with Crippen molar-refractivity contribution in [1.82, 2.24) is 9.80 Å². The Morgan fingerprint density at radius 1 is 1.05 bits per heavy atom. The average Bonchev–Trinajstić information content (AvgIpc) is 2.45. The number of rotatable bonds is 6. The SMILES string of the molecule is CC1CCCN(CCOc2ccc(CN3CCC3)cc2)C1. The summed E-state index contributed by atoms with van der Waals surface area (Å²) in [6.07, 6.45) is 4.08. The van der Waals surface area contributed by atoms with Gasteiger partial charge in [0, 0.05) is 19.6 Å². The Labute approximate surface area is 128 Å². The number of hydrogen-bond donors (Lipinski definition) is 0. The van der Waals surface area contributed by atoms with Gasteiger partial charge in [-0.3, -0.25) is 9.80 Å². The van der Waals surface area contributed by atoms with Crippen LogP contribution in [0, 0.1) is 5.92 Å². The summed E-state index contributed by atoms with van der Waals surface area (Å²) >= 11 is 0. The highest BCUT2D eigenvalue weighted by atomic mass is 16.5. The summed E-state index contributed by atoms with van der Waals surface area (Å²) in [5.41, 5.74) is 1.40. The Kier molecular flexibility index (Phi) is 5.15. The molecule has 0 spiro atoms. The standard InChI is InChI=1S/C18H28N2O/c1-16-4-2-9-20(14-16)12-13-21-18-7-5-17(6-8-18)15-19-10-3-11-19/h5-8,16H,2-4,9-15H2,1H3. The van der Waals surface area contributed by atoms with Gasteiger partial charge < -0.3 is 4.74 Å². The van der Waals surface area contributed by atoms with E-state index in [1.54, 1.807) is 0 Å². The Morgan fingerprint density at radius 3 is 2.48 bits per heavy atom. The zero-order valence-corrected chi connectivity index (χ0v) is 13.3. The Balaban J connectivity index is 1.38. The molecular formula is C18H28N2O. The maximum atomic E-state index is 5.89. The zero-order chi connectivity index (χ0) is 14.5. The van der Waals surface area contributed by atoms with Crippen LogP contribution >= 0.6 is 0 Å². The predicted octanol–water partition coefficient (Wildman–Crippen LogP) is 3.00. The lowest BCUT2D eigenvalue weighted by Crippen LogP contribution is -2.37. The molecule has 21 heavy (non-hydrogen) atoms. The van der Waals surface area contributed by atoms with E-state index in [0.29, 0.717) is 0 Å². The van der Waals surface area contributed by atoms with Crippen molar-refractivity contribution < 1.29 is 4.74 Å². The maximum absolute atomic E-state index is 5.89. The summed E-state index contributed by atoms with van der Waals surface area (Å²) in [7, 11) is 0. The number of benzene rings is 1. The van der Waals surface area contributed by atoms with Crippen molar-refractivity contribution in [3.63, 3.8) is 0 Å². The minimum absolute atomic E-state index is 0.804. The normalized spacial score (nSPS) is 23.8. The highest BCUT2D eigenvalue weighted by Gasteiger charge is 2.16. The second-order valence-corrected chi connectivity index (χ2v) is 6.67. The summed E-state index contributed by atoms with van der Waals surface area (Å²) < 4.78 is 5.89. The molecule has 1 atom stereocenters. The van der Waals surface area contributed by atoms with E-state index in [1.165, 1.54) is 51.0 Å². The summed E-state index contributed by atoms with van der Waals surface area (Å²) in [5.74, 6) is 1.85. The van der Waals surface area contributed by atoms with Gasteiger partial charge in [0.25, 0.3) is 0 Å². The molecule has 3 rings (SSSR count). The van der Waals surface area contributed by atoms with Gasteiger partial charge in [-0.05, 0) is 62.5 Å². The van der Waals surface area contributed by atoms with E-state index in [4.69, 9.17) is 4.74 Å². The topological polar surface area (TPSA) is 15.7 Å². The van der Waals surface area contributed by atoms with Crippen LogP contribution in [0.5, 0.6) is 5.75 Å². The molecule has 116 valence electrons. The van der Waals surface area contributed by atoms with Crippen LogP contribution in [0.15, 0.2) is 24.3 Å². The van der Waals surface area contributed by atoms with Crippen molar-refractivity contribution in [2.75, 3.05) is 39.3 Å². The molecule has 0 amide bonds. The molecule has 2 saturated heterocycles. The first-order valence-corrected chi connectivity index (χ1v) is 8.46. The quantitative estimate of drug-likeness (QED) is 0.800. The minimum Gasteiger partial charge on any atom is -0.492 e. The van der Waals surface area contributed by atoms with Crippen molar-refractivity contribution in [2.45, 2.75) is 32.7 Å². The minimum atomic E-state index is 0.804. The van der Waals surface area contributed by atoms with Gasteiger partial charge in [0.1, 0.15) is 12.4 Å². The summed E-state index contributed by atoms with van der Waals surface area (Å²) in [4.78, 5) is 5.01. The highest BCUT2D eigenvalue weighted by molar-refractivity contribution is 5.27. The van der Waals surface area contributed by atoms with Crippen molar-refractivity contribution in [3.8, 4) is 5.75 Å². The van der Waals surface area contributed by atoms with Gasteiger partial charge in [-0.15, -0.1) is 0 Å². The van der Waals surface area contributed by atoms with Crippen LogP contribution in [0.3, 0.4) is 0 Å². The van der Waals surface area contributed by atoms with E-state index >= 15 is 0 Å². The first kappa shape index (κ1) is 14.9. The number of ether oxygens (including phenoxy) is 1. The fourth-order valence-electron chi connectivity index (χ4n) is 3.27. The van der Waals surface area contributed by atoms with Crippen molar-refractivity contribution in [1.29, 1.82) is 0 Å². The molecule has 1 aromatic carbocycles. The van der Waals surface area contributed by atoms with Gasteiger partial charge in [0.05, 0.1) is 0 Å². The average molecular weight is 288 g/mol.